The normalized spacial score (nSPS) is 14.6. The third kappa shape index (κ3) is 5.87. The Morgan fingerprint density at radius 2 is 1.83 bits per heavy atom. The molecule has 1 aliphatic rings. The molecule has 0 aliphatic heterocycles. The smallest absolute Gasteiger partial charge is 0.245 e. The Morgan fingerprint density at radius 1 is 1.17 bits per heavy atom. The Balaban J connectivity index is 1.68. The zero-order valence-corrected chi connectivity index (χ0v) is 18.1. The molecule has 0 heterocycles. The second-order valence-electron chi connectivity index (χ2n) is 7.30. The molecule has 0 spiro atoms. The van der Waals surface area contributed by atoms with Gasteiger partial charge >= 0.3 is 0 Å². The highest BCUT2D eigenvalue weighted by Crippen LogP contribution is 2.27. The monoisotopic (exact) mass is 436 g/mol. The lowest BCUT2D eigenvalue weighted by Gasteiger charge is -2.24. The topological polar surface area (TPSA) is 75.7 Å². The van der Waals surface area contributed by atoms with Gasteiger partial charge in [-0.1, -0.05) is 17.7 Å². The van der Waals surface area contributed by atoms with E-state index in [-0.39, 0.29) is 12.6 Å². The van der Waals surface area contributed by atoms with Crippen molar-refractivity contribution in [1.82, 2.24) is 0 Å². The van der Waals surface area contributed by atoms with Gasteiger partial charge in [-0.25, -0.2) is 8.42 Å². The zero-order valence-electron chi connectivity index (χ0n) is 16.5. The van der Waals surface area contributed by atoms with Crippen LogP contribution >= 0.6 is 11.6 Å². The van der Waals surface area contributed by atoms with Gasteiger partial charge in [0.25, 0.3) is 0 Å². The molecule has 29 heavy (non-hydrogen) atoms. The molecule has 1 aliphatic carbocycles. The first-order valence-corrected chi connectivity index (χ1v) is 11.8. The molecule has 0 radical (unpaired) electrons. The standard InChI is InChI=1S/C21H25ClN2O4S/c1-15-7-8-16(22)13-20(15)24(29(2,26)27)14-21(25)23-17-9-11-19(12-10-17)28-18-5-3-4-6-18/h7-13,18H,3-6,14H2,1-2H3,(H,23,25). The van der Waals surface area contributed by atoms with Crippen LogP contribution in [0.25, 0.3) is 0 Å². The summed E-state index contributed by atoms with van der Waals surface area (Å²) < 4.78 is 31.5. The van der Waals surface area contributed by atoms with Crippen molar-refractivity contribution in [3.05, 3.63) is 53.1 Å². The van der Waals surface area contributed by atoms with E-state index in [2.05, 4.69) is 5.32 Å². The van der Waals surface area contributed by atoms with Gasteiger partial charge in [-0.3, -0.25) is 9.10 Å². The third-order valence-electron chi connectivity index (χ3n) is 4.87. The Labute approximate surface area is 176 Å². The fourth-order valence-electron chi connectivity index (χ4n) is 3.38. The number of hydrogen-bond donors (Lipinski definition) is 1. The van der Waals surface area contributed by atoms with Crippen molar-refractivity contribution in [3.63, 3.8) is 0 Å². The first kappa shape index (κ1) is 21.5. The lowest BCUT2D eigenvalue weighted by molar-refractivity contribution is -0.114. The van der Waals surface area contributed by atoms with Gasteiger partial charge in [-0.05, 0) is 74.6 Å². The summed E-state index contributed by atoms with van der Waals surface area (Å²) in [5.74, 6) is 0.321. The molecule has 3 rings (SSSR count). The maximum absolute atomic E-state index is 12.5. The average molecular weight is 437 g/mol. The molecule has 0 aromatic heterocycles. The van der Waals surface area contributed by atoms with Crippen LogP contribution in [0.2, 0.25) is 5.02 Å². The summed E-state index contributed by atoms with van der Waals surface area (Å²) in [6, 6.07) is 12.1. The first-order valence-electron chi connectivity index (χ1n) is 9.53. The summed E-state index contributed by atoms with van der Waals surface area (Å²) in [4.78, 5) is 12.5. The third-order valence-corrected chi connectivity index (χ3v) is 6.23. The molecule has 1 saturated carbocycles. The second-order valence-corrected chi connectivity index (χ2v) is 9.64. The first-order chi connectivity index (χ1) is 13.7. The van der Waals surface area contributed by atoms with E-state index in [1.807, 2.05) is 12.1 Å². The average Bonchev–Trinajstić information content (AvgIpc) is 3.16. The van der Waals surface area contributed by atoms with Gasteiger partial charge in [-0.2, -0.15) is 0 Å². The highest BCUT2D eigenvalue weighted by atomic mass is 35.5. The number of carbonyl (C=O) groups is 1. The summed E-state index contributed by atoms with van der Waals surface area (Å²) in [6.45, 7) is 1.42. The summed E-state index contributed by atoms with van der Waals surface area (Å²) in [5, 5.41) is 3.14. The number of amides is 1. The van der Waals surface area contributed by atoms with Gasteiger partial charge in [0.05, 0.1) is 18.0 Å². The quantitative estimate of drug-likeness (QED) is 0.699. The van der Waals surface area contributed by atoms with E-state index in [9.17, 15) is 13.2 Å². The maximum Gasteiger partial charge on any atom is 0.245 e. The minimum absolute atomic E-state index is 0.264. The van der Waals surface area contributed by atoms with Crippen LogP contribution in [0.1, 0.15) is 31.2 Å². The van der Waals surface area contributed by atoms with Gasteiger partial charge in [0.2, 0.25) is 15.9 Å². The molecule has 156 valence electrons. The van der Waals surface area contributed by atoms with E-state index in [1.54, 1.807) is 37.3 Å². The molecule has 2 aromatic rings. The summed E-state index contributed by atoms with van der Waals surface area (Å²) in [7, 11) is -3.67. The highest BCUT2D eigenvalue weighted by molar-refractivity contribution is 7.92. The predicted octanol–water partition coefficient (Wildman–Crippen LogP) is 4.37. The van der Waals surface area contributed by atoms with Crippen LogP contribution in [0.3, 0.4) is 0 Å². The number of anilines is 2. The largest absolute Gasteiger partial charge is 0.490 e. The van der Waals surface area contributed by atoms with E-state index < -0.39 is 15.9 Å². The Morgan fingerprint density at radius 3 is 2.45 bits per heavy atom. The van der Waals surface area contributed by atoms with E-state index in [0.29, 0.717) is 22.0 Å². The van der Waals surface area contributed by atoms with E-state index in [1.165, 1.54) is 12.8 Å². The summed E-state index contributed by atoms with van der Waals surface area (Å²) in [5.41, 5.74) is 1.67. The Hall–Kier alpha value is -2.25. The van der Waals surface area contributed by atoms with Crippen molar-refractivity contribution in [2.24, 2.45) is 0 Å². The molecule has 0 atom stereocenters. The van der Waals surface area contributed by atoms with Gasteiger partial charge < -0.3 is 10.1 Å². The van der Waals surface area contributed by atoms with Gasteiger partial charge in [0.15, 0.2) is 0 Å². The Bertz CT molecular complexity index is 971. The van der Waals surface area contributed by atoms with Crippen molar-refractivity contribution in [1.29, 1.82) is 0 Å². The second kappa shape index (κ2) is 9.05. The summed E-state index contributed by atoms with van der Waals surface area (Å²) in [6.07, 6.45) is 5.87. The molecule has 0 saturated heterocycles. The predicted molar refractivity (Wildman–Crippen MR) is 116 cm³/mol. The van der Waals surface area contributed by atoms with Crippen LogP contribution in [-0.2, 0) is 14.8 Å². The van der Waals surface area contributed by atoms with E-state index >= 15 is 0 Å². The van der Waals surface area contributed by atoms with Crippen LogP contribution in [0.5, 0.6) is 5.75 Å². The summed E-state index contributed by atoms with van der Waals surface area (Å²) >= 11 is 6.02. The molecule has 1 fully saturated rings. The molecule has 6 nitrogen and oxygen atoms in total. The van der Waals surface area contributed by atoms with Gasteiger partial charge in [0, 0.05) is 10.7 Å². The highest BCUT2D eigenvalue weighted by Gasteiger charge is 2.23. The van der Waals surface area contributed by atoms with Crippen molar-refractivity contribution in [2.75, 3.05) is 22.4 Å². The number of aryl methyl sites for hydroxylation is 1. The van der Waals surface area contributed by atoms with E-state index in [0.717, 1.165) is 29.2 Å². The molecule has 1 amide bonds. The van der Waals surface area contributed by atoms with Gasteiger partial charge in [0.1, 0.15) is 12.3 Å². The number of hydrogen-bond acceptors (Lipinski definition) is 4. The molecule has 8 heteroatoms. The van der Waals surface area contributed by atoms with Crippen molar-refractivity contribution in [2.45, 2.75) is 38.7 Å². The van der Waals surface area contributed by atoms with Crippen LogP contribution in [-0.4, -0.2) is 33.2 Å². The minimum atomic E-state index is -3.67. The number of sulfonamides is 1. The number of carbonyl (C=O) groups excluding carboxylic acids is 1. The van der Waals surface area contributed by atoms with Crippen molar-refractivity contribution >= 4 is 38.9 Å². The van der Waals surface area contributed by atoms with Gasteiger partial charge in [-0.15, -0.1) is 0 Å². The fourth-order valence-corrected chi connectivity index (χ4v) is 4.45. The molecule has 1 N–H and O–H groups in total. The number of nitrogens with one attached hydrogen (secondary N) is 1. The molecular formula is C21H25ClN2O4S. The number of rotatable bonds is 7. The number of benzene rings is 2. The van der Waals surface area contributed by atoms with Crippen LogP contribution in [0, 0.1) is 6.92 Å². The molecule has 0 unspecified atom stereocenters. The van der Waals surface area contributed by atoms with Crippen LogP contribution in [0.15, 0.2) is 42.5 Å². The number of nitrogens with zero attached hydrogens (tertiary/aromatic N) is 1. The van der Waals surface area contributed by atoms with Crippen LogP contribution < -0.4 is 14.4 Å². The fraction of sp³-hybridized carbons (Fsp3) is 0.381. The number of halogens is 1. The maximum atomic E-state index is 12.5. The van der Waals surface area contributed by atoms with Crippen LogP contribution in [0.4, 0.5) is 11.4 Å². The van der Waals surface area contributed by atoms with Crippen molar-refractivity contribution in [3.8, 4) is 5.75 Å². The minimum Gasteiger partial charge on any atom is -0.490 e. The SMILES string of the molecule is Cc1ccc(Cl)cc1N(CC(=O)Nc1ccc(OC2CCCC2)cc1)S(C)(=O)=O. The Kier molecular flexibility index (Phi) is 6.70. The lowest BCUT2D eigenvalue weighted by atomic mass is 10.2. The molecule has 0 bridgehead atoms. The number of ether oxygens (including phenoxy) is 1. The lowest BCUT2D eigenvalue weighted by Crippen LogP contribution is -2.37. The molecular weight excluding hydrogens is 412 g/mol. The zero-order chi connectivity index (χ0) is 21.0. The van der Waals surface area contributed by atoms with Crippen molar-refractivity contribution < 1.29 is 17.9 Å². The molecule has 2 aromatic carbocycles. The van der Waals surface area contributed by atoms with E-state index in [4.69, 9.17) is 16.3 Å².